The van der Waals surface area contributed by atoms with Crippen LogP contribution in [0.2, 0.25) is 0 Å². The van der Waals surface area contributed by atoms with Crippen molar-refractivity contribution in [2.45, 2.75) is 66.0 Å². The Labute approximate surface area is 170 Å². The number of hydrazine groups is 1. The number of carbonyl (C=O) groups is 3. The topological polar surface area (TPSA) is 117 Å². The lowest BCUT2D eigenvalue weighted by molar-refractivity contribution is -0.143. The monoisotopic (exact) mass is 409 g/mol. The summed E-state index contributed by atoms with van der Waals surface area (Å²) in [5.41, 5.74) is -0.678. The van der Waals surface area contributed by atoms with Gasteiger partial charge in [0.1, 0.15) is 17.4 Å². The van der Waals surface area contributed by atoms with Crippen LogP contribution in [0.1, 0.15) is 53.2 Å². The number of nitrogens with one attached hydrogen (secondary N) is 2. The van der Waals surface area contributed by atoms with E-state index < -0.39 is 23.8 Å². The Hall–Kier alpha value is -2.78. The highest BCUT2D eigenvalue weighted by molar-refractivity contribution is 5.92. The average molecular weight is 409 g/mol. The molecule has 1 aromatic rings. The second kappa shape index (κ2) is 9.15. The van der Waals surface area contributed by atoms with E-state index in [0.717, 1.165) is 0 Å². The average Bonchev–Trinajstić information content (AvgIpc) is 3.26. The first-order valence-electron chi connectivity index (χ1n) is 9.84. The van der Waals surface area contributed by atoms with Crippen molar-refractivity contribution in [3.8, 4) is 0 Å². The maximum Gasteiger partial charge on any atom is 0.408 e. The smallest absolute Gasteiger partial charge is 0.408 e. The van der Waals surface area contributed by atoms with Crippen molar-refractivity contribution >= 4 is 23.8 Å². The molecule has 29 heavy (non-hydrogen) atoms. The van der Waals surface area contributed by atoms with Gasteiger partial charge in [0.25, 0.3) is 5.91 Å². The number of hydrogen-bond acceptors (Lipinski definition) is 6. The minimum absolute atomic E-state index is 0.140. The second-order valence-corrected chi connectivity index (χ2v) is 8.20. The van der Waals surface area contributed by atoms with Gasteiger partial charge in [-0.05, 0) is 40.0 Å². The number of rotatable bonds is 5. The lowest BCUT2D eigenvalue weighted by atomic mass is 9.98. The van der Waals surface area contributed by atoms with Crippen LogP contribution in [0.3, 0.4) is 0 Å². The lowest BCUT2D eigenvalue weighted by Crippen LogP contribution is -2.56. The van der Waals surface area contributed by atoms with Gasteiger partial charge >= 0.3 is 12.1 Å². The Morgan fingerprint density at radius 2 is 1.93 bits per heavy atom. The summed E-state index contributed by atoms with van der Waals surface area (Å²) in [7, 11) is 0. The molecule has 2 heterocycles. The predicted molar refractivity (Wildman–Crippen MR) is 106 cm³/mol. The van der Waals surface area contributed by atoms with Crippen LogP contribution in [0.25, 0.3) is 0 Å². The largest absolute Gasteiger partial charge is 0.444 e. The van der Waals surface area contributed by atoms with E-state index in [2.05, 4.69) is 15.8 Å². The molecule has 162 valence electrons. The van der Waals surface area contributed by atoms with Gasteiger partial charge in [0.2, 0.25) is 0 Å². The molecular formula is C19H31N5O5. The van der Waals surface area contributed by atoms with Gasteiger partial charge in [-0.2, -0.15) is 0 Å². The number of nitrogens with zero attached hydrogens (tertiary/aromatic N) is 3. The number of anilines is 1. The standard InChI is InChI=1S/C19H31N5O5/c1-7-12(2)15(21-18(27)28-19(4,5)6)16(25)23-9-8-10-24(23)17(26)20-14-11-13(3)29-22-14/h11-12,15H,7-10H2,1-6H3,(H,21,27)(H,20,22,26). The van der Waals surface area contributed by atoms with E-state index in [-0.39, 0.29) is 17.6 Å². The Bertz CT molecular complexity index is 742. The number of aromatic nitrogens is 1. The van der Waals surface area contributed by atoms with E-state index in [4.69, 9.17) is 9.26 Å². The van der Waals surface area contributed by atoms with E-state index in [1.54, 1.807) is 33.8 Å². The SMILES string of the molecule is CCC(C)C(NC(=O)OC(C)(C)C)C(=O)N1CCCN1C(=O)Nc1cc(C)on1. The summed E-state index contributed by atoms with van der Waals surface area (Å²) in [5, 5.41) is 11.7. The molecule has 1 fully saturated rings. The van der Waals surface area contributed by atoms with Crippen LogP contribution in [-0.4, -0.2) is 57.9 Å². The van der Waals surface area contributed by atoms with E-state index in [0.29, 0.717) is 31.7 Å². The van der Waals surface area contributed by atoms with Gasteiger partial charge < -0.3 is 14.6 Å². The van der Waals surface area contributed by atoms with Crippen LogP contribution < -0.4 is 10.6 Å². The van der Waals surface area contributed by atoms with Gasteiger partial charge in [-0.15, -0.1) is 0 Å². The molecule has 1 aromatic heterocycles. The Balaban J connectivity index is 2.11. The normalized spacial score (nSPS) is 16.3. The molecule has 10 heteroatoms. The first kappa shape index (κ1) is 22.5. The summed E-state index contributed by atoms with van der Waals surface area (Å²) in [5.74, 6) is 0.345. The Kier molecular flexibility index (Phi) is 7.10. The van der Waals surface area contributed by atoms with Gasteiger partial charge in [0, 0.05) is 19.2 Å². The molecule has 4 amide bonds. The molecule has 0 aliphatic carbocycles. The predicted octanol–water partition coefficient (Wildman–Crippen LogP) is 2.90. The van der Waals surface area contributed by atoms with Crippen molar-refractivity contribution in [1.29, 1.82) is 0 Å². The Morgan fingerprint density at radius 3 is 2.48 bits per heavy atom. The highest BCUT2D eigenvalue weighted by Crippen LogP contribution is 2.19. The molecule has 0 bridgehead atoms. The van der Waals surface area contributed by atoms with Gasteiger partial charge in [-0.1, -0.05) is 25.4 Å². The minimum Gasteiger partial charge on any atom is -0.444 e. The van der Waals surface area contributed by atoms with Crippen LogP contribution in [0.4, 0.5) is 15.4 Å². The van der Waals surface area contributed by atoms with Gasteiger partial charge in [-0.25, -0.2) is 19.6 Å². The summed E-state index contributed by atoms with van der Waals surface area (Å²) in [6.07, 6.45) is 0.644. The third-order valence-electron chi connectivity index (χ3n) is 4.53. The van der Waals surface area contributed by atoms with Crippen molar-refractivity contribution in [3.05, 3.63) is 11.8 Å². The van der Waals surface area contributed by atoms with Crippen molar-refractivity contribution in [1.82, 2.24) is 20.5 Å². The zero-order chi connectivity index (χ0) is 21.8. The summed E-state index contributed by atoms with van der Waals surface area (Å²) < 4.78 is 10.2. The summed E-state index contributed by atoms with van der Waals surface area (Å²) >= 11 is 0. The Morgan fingerprint density at radius 1 is 1.28 bits per heavy atom. The maximum atomic E-state index is 13.2. The molecule has 0 saturated carbocycles. The van der Waals surface area contributed by atoms with Crippen molar-refractivity contribution in [3.63, 3.8) is 0 Å². The van der Waals surface area contributed by atoms with Gasteiger partial charge in [0.05, 0.1) is 0 Å². The zero-order valence-electron chi connectivity index (χ0n) is 17.9. The number of amides is 4. The quantitative estimate of drug-likeness (QED) is 0.772. The number of ether oxygens (including phenoxy) is 1. The molecule has 1 aliphatic heterocycles. The van der Waals surface area contributed by atoms with Crippen molar-refractivity contribution < 1.29 is 23.6 Å². The molecule has 0 radical (unpaired) electrons. The highest BCUT2D eigenvalue weighted by Gasteiger charge is 2.38. The molecule has 0 spiro atoms. The molecule has 10 nitrogen and oxygen atoms in total. The van der Waals surface area contributed by atoms with Crippen molar-refractivity contribution in [2.75, 3.05) is 18.4 Å². The first-order chi connectivity index (χ1) is 13.5. The second-order valence-electron chi connectivity index (χ2n) is 8.20. The van der Waals surface area contributed by atoms with Crippen LogP contribution >= 0.6 is 0 Å². The lowest BCUT2D eigenvalue weighted by Gasteiger charge is -2.33. The van der Waals surface area contributed by atoms with E-state index >= 15 is 0 Å². The van der Waals surface area contributed by atoms with Crippen LogP contribution in [-0.2, 0) is 9.53 Å². The fraction of sp³-hybridized carbons (Fsp3) is 0.684. The molecule has 2 rings (SSSR count). The van der Waals surface area contributed by atoms with Gasteiger partial charge in [0.15, 0.2) is 5.82 Å². The molecule has 2 unspecified atom stereocenters. The van der Waals surface area contributed by atoms with Gasteiger partial charge in [-0.3, -0.25) is 10.1 Å². The third kappa shape index (κ3) is 6.10. The first-order valence-corrected chi connectivity index (χ1v) is 9.84. The minimum atomic E-state index is -0.808. The fourth-order valence-electron chi connectivity index (χ4n) is 2.93. The number of carbonyl (C=O) groups excluding carboxylic acids is 3. The van der Waals surface area contributed by atoms with E-state index in [1.807, 2.05) is 13.8 Å². The van der Waals surface area contributed by atoms with Crippen LogP contribution in [0.5, 0.6) is 0 Å². The van der Waals surface area contributed by atoms with Crippen LogP contribution in [0.15, 0.2) is 10.6 Å². The molecule has 2 N–H and O–H groups in total. The third-order valence-corrected chi connectivity index (χ3v) is 4.53. The summed E-state index contributed by atoms with van der Waals surface area (Å²) in [6.45, 7) is 11.6. The molecule has 1 aliphatic rings. The maximum absolute atomic E-state index is 13.2. The molecular weight excluding hydrogens is 378 g/mol. The summed E-state index contributed by atoms with van der Waals surface area (Å²) in [6, 6.07) is 0.299. The van der Waals surface area contributed by atoms with E-state index in [1.165, 1.54) is 10.0 Å². The van der Waals surface area contributed by atoms with Crippen molar-refractivity contribution in [2.24, 2.45) is 5.92 Å². The zero-order valence-corrected chi connectivity index (χ0v) is 17.9. The fourth-order valence-corrected chi connectivity index (χ4v) is 2.93. The summed E-state index contributed by atoms with van der Waals surface area (Å²) in [4.78, 5) is 38.1. The number of aryl methyl sites for hydroxylation is 1. The molecule has 2 atom stereocenters. The van der Waals surface area contributed by atoms with E-state index in [9.17, 15) is 14.4 Å². The molecule has 1 saturated heterocycles. The number of hydrogen-bond donors (Lipinski definition) is 2. The number of urea groups is 1. The van der Waals surface area contributed by atoms with Crippen LogP contribution in [0, 0.1) is 12.8 Å². The highest BCUT2D eigenvalue weighted by atomic mass is 16.6. The number of alkyl carbamates (subject to hydrolysis) is 1. The molecule has 0 aromatic carbocycles.